The molecule has 1 aliphatic heterocycles. The van der Waals surface area contributed by atoms with Crippen LogP contribution >= 0.6 is 0 Å². The van der Waals surface area contributed by atoms with Gasteiger partial charge in [0, 0.05) is 37.7 Å². The summed E-state index contributed by atoms with van der Waals surface area (Å²) in [5.41, 5.74) is -0.453. The summed E-state index contributed by atoms with van der Waals surface area (Å²) in [5, 5.41) is 54.6. The fourth-order valence-electron chi connectivity index (χ4n) is 5.32. The third kappa shape index (κ3) is 5.74. The number of rotatable bonds is 9. The molecule has 1 fully saturated rings. The molecule has 2 aromatic carbocycles. The van der Waals surface area contributed by atoms with E-state index in [1.54, 1.807) is 0 Å². The van der Waals surface area contributed by atoms with Gasteiger partial charge in [-0.15, -0.1) is 0 Å². The van der Waals surface area contributed by atoms with Crippen molar-refractivity contribution < 1.29 is 53.5 Å². The number of pyridine rings is 1. The molecule has 0 radical (unpaired) electrons. The molecule has 11 heteroatoms. The van der Waals surface area contributed by atoms with Gasteiger partial charge in [0.05, 0.1) is 11.6 Å². The maximum Gasteiger partial charge on any atom is 0.335 e. The minimum Gasteiger partial charge on any atom is -0.479 e. The van der Waals surface area contributed by atoms with Crippen molar-refractivity contribution in [2.75, 3.05) is 6.54 Å². The summed E-state index contributed by atoms with van der Waals surface area (Å²) in [6.45, 7) is -6.56. The highest BCUT2D eigenvalue weighted by molar-refractivity contribution is 5.87. The quantitative estimate of drug-likeness (QED) is 0.191. The Morgan fingerprint density at radius 3 is 2.41 bits per heavy atom. The molecule has 0 saturated carbocycles. The number of aryl methyl sites for hydroxylation is 2. The first-order valence-corrected chi connectivity index (χ1v) is 12.8. The third-order valence-electron chi connectivity index (χ3n) is 7.45. The van der Waals surface area contributed by atoms with Crippen LogP contribution in [-0.4, -0.2) is 79.8 Å². The Balaban J connectivity index is 1.38. The number of benzene rings is 2. The molecule has 2 aliphatic rings. The molecule has 6 atom stereocenters. The number of H-pyrrole nitrogens is 1. The molecule has 1 aromatic heterocycles. The second-order valence-electron chi connectivity index (χ2n) is 10.1. The van der Waals surface area contributed by atoms with Crippen LogP contribution in [0.2, 0.25) is 0 Å². The van der Waals surface area contributed by atoms with Crippen molar-refractivity contribution in [2.45, 2.75) is 82.1 Å². The van der Waals surface area contributed by atoms with Crippen LogP contribution in [0.15, 0.2) is 41.2 Å². The lowest BCUT2D eigenvalue weighted by Crippen LogP contribution is -2.61. The number of carboxylic acid groups (broad SMARTS) is 1. The number of aliphatic carboxylic acids is 1. The smallest absolute Gasteiger partial charge is 0.335 e. The van der Waals surface area contributed by atoms with Crippen molar-refractivity contribution in [2.24, 2.45) is 0 Å². The lowest BCUT2D eigenvalue weighted by Gasteiger charge is -2.38. The van der Waals surface area contributed by atoms with E-state index in [0.29, 0.717) is 16.7 Å². The van der Waals surface area contributed by atoms with Gasteiger partial charge in [0.2, 0.25) is 11.8 Å². The Kier molecular flexibility index (Phi) is 5.50. The van der Waals surface area contributed by atoms with E-state index >= 15 is 0 Å². The highest BCUT2D eigenvalue weighted by atomic mass is 16.7. The van der Waals surface area contributed by atoms with E-state index < -0.39 is 92.0 Å². The highest BCUT2D eigenvalue weighted by Gasteiger charge is 2.48. The number of hydrogen-bond donors (Lipinski definition) is 7. The van der Waals surface area contributed by atoms with E-state index in [9.17, 15) is 35.1 Å². The van der Waals surface area contributed by atoms with E-state index in [4.69, 9.17) is 23.2 Å². The van der Waals surface area contributed by atoms with Crippen LogP contribution < -0.4 is 15.6 Å². The topological polar surface area (TPSA) is 182 Å². The summed E-state index contributed by atoms with van der Waals surface area (Å²) in [7, 11) is 0. The molecular formula is C30H36N2O9. The number of aromatic nitrogens is 1. The van der Waals surface area contributed by atoms with Crippen molar-refractivity contribution in [3.05, 3.63) is 74.6 Å². The molecule has 220 valence electrons. The summed E-state index contributed by atoms with van der Waals surface area (Å²) in [4.78, 5) is 26.3. The summed E-state index contributed by atoms with van der Waals surface area (Å²) in [5.74, 6) is -1.74. The van der Waals surface area contributed by atoms with Crippen LogP contribution in [0.1, 0.15) is 61.3 Å². The first-order chi connectivity index (χ1) is 23.5. The van der Waals surface area contributed by atoms with Crippen molar-refractivity contribution in [3.63, 3.8) is 0 Å². The van der Waals surface area contributed by atoms with Gasteiger partial charge in [0.15, 0.2) is 6.10 Å². The number of nitrogens with one attached hydrogen (secondary N) is 2. The van der Waals surface area contributed by atoms with E-state index in [-0.39, 0.29) is 36.0 Å². The number of aliphatic hydroxyl groups excluding tert-OH is 4. The monoisotopic (exact) mass is 578 g/mol. The minimum atomic E-state index is -3.23. The Bertz CT molecular complexity index is 1810. The molecule has 1 unspecified atom stereocenters. The predicted octanol–water partition coefficient (Wildman–Crippen LogP) is 0.714. The highest BCUT2D eigenvalue weighted by Crippen LogP contribution is 2.33. The number of aromatic amines is 1. The molecule has 2 heterocycles. The summed E-state index contributed by atoms with van der Waals surface area (Å²) < 4.78 is 90.5. The molecule has 1 saturated heterocycles. The van der Waals surface area contributed by atoms with E-state index in [2.05, 4.69) is 10.3 Å². The third-order valence-corrected chi connectivity index (χ3v) is 7.45. The Labute approximate surface area is 250 Å². The Hall–Kier alpha value is -3.32. The number of carbonyl (C=O) groups is 1. The van der Waals surface area contributed by atoms with Crippen molar-refractivity contribution in [1.82, 2.24) is 10.3 Å². The fourth-order valence-corrected chi connectivity index (χ4v) is 5.32. The lowest BCUT2D eigenvalue weighted by molar-refractivity contribution is -0.270. The van der Waals surface area contributed by atoms with Crippen LogP contribution in [0.25, 0.3) is 10.9 Å². The average molecular weight is 579 g/mol. The largest absolute Gasteiger partial charge is 0.479 e. The predicted molar refractivity (Wildman–Crippen MR) is 149 cm³/mol. The Morgan fingerprint density at radius 2 is 1.78 bits per heavy atom. The van der Waals surface area contributed by atoms with Crippen LogP contribution in [-0.2, 0) is 35.1 Å². The first-order valence-electron chi connectivity index (χ1n) is 17.8. The van der Waals surface area contributed by atoms with Gasteiger partial charge < -0.3 is 45.3 Å². The zero-order chi connectivity index (χ0) is 38.0. The van der Waals surface area contributed by atoms with Crippen LogP contribution in [0.3, 0.4) is 0 Å². The van der Waals surface area contributed by atoms with Gasteiger partial charge in [-0.1, -0.05) is 31.9 Å². The zero-order valence-corrected chi connectivity index (χ0v) is 21.5. The zero-order valence-electron chi connectivity index (χ0n) is 31.5. The van der Waals surface area contributed by atoms with Gasteiger partial charge in [0.1, 0.15) is 24.1 Å². The maximum atomic E-state index is 12.3. The van der Waals surface area contributed by atoms with E-state index in [1.807, 2.05) is 0 Å². The molecule has 0 bridgehead atoms. The van der Waals surface area contributed by atoms with E-state index in [0.717, 1.165) is 0 Å². The standard InChI is InChI=1S/C30H36N2O9/c1-3-14-9-16-11-18(12-17(16)10-15(14)4-2)31-13-21(33)19-5-7-22(24-20(19)6-8-23(34)32-24)40-30-27(37)25(35)26(36)28(41-30)29(38)39/h5-10,18,21,25-28,30-31,33,35-37H,3-4,11-13H2,1-2H3,(H,32,34)(H,38,39)/t21-,25-,26-,27+,28-,30?/m0/s1/i1D3,2D3,3D2,4D2. The number of aliphatic hydroxyl groups is 4. The van der Waals surface area contributed by atoms with Crippen LogP contribution in [0, 0.1) is 0 Å². The molecule has 1 aliphatic carbocycles. The van der Waals surface area contributed by atoms with E-state index in [1.165, 1.54) is 36.4 Å². The van der Waals surface area contributed by atoms with Crippen LogP contribution in [0.4, 0.5) is 0 Å². The summed E-state index contributed by atoms with van der Waals surface area (Å²) in [6.07, 6.45) is -16.4. The van der Waals surface area contributed by atoms with Crippen molar-refractivity contribution in [1.29, 1.82) is 0 Å². The van der Waals surface area contributed by atoms with Crippen molar-refractivity contribution in [3.8, 4) is 5.75 Å². The van der Waals surface area contributed by atoms with Crippen molar-refractivity contribution >= 4 is 16.9 Å². The molecular weight excluding hydrogens is 532 g/mol. The number of ether oxygens (including phenoxy) is 2. The molecule has 3 aromatic rings. The minimum absolute atomic E-state index is 0.0303. The Morgan fingerprint density at radius 1 is 1.10 bits per heavy atom. The fraction of sp³-hybridized carbons (Fsp3) is 0.467. The van der Waals surface area contributed by atoms with Crippen LogP contribution in [0.5, 0.6) is 5.75 Å². The van der Waals surface area contributed by atoms with Gasteiger partial charge in [-0.25, -0.2) is 4.79 Å². The van der Waals surface area contributed by atoms with Gasteiger partial charge in [-0.2, -0.15) is 0 Å². The van der Waals surface area contributed by atoms with Gasteiger partial charge in [-0.3, -0.25) is 4.79 Å². The summed E-state index contributed by atoms with van der Waals surface area (Å²) >= 11 is 0. The normalized spacial score (nSPS) is 30.2. The lowest BCUT2D eigenvalue weighted by atomic mass is 9.97. The van der Waals surface area contributed by atoms with Gasteiger partial charge >= 0.3 is 5.97 Å². The molecule has 0 spiro atoms. The molecule has 5 rings (SSSR count). The maximum absolute atomic E-state index is 12.3. The second kappa shape index (κ2) is 11.9. The summed E-state index contributed by atoms with van der Waals surface area (Å²) in [6, 6.07) is 7.31. The molecule has 7 N–H and O–H groups in total. The SMILES string of the molecule is [2H]C([2H])([2H])C([2H])([2H])c1cc2c(cc1C([2H])([2H])C([2H])([2H])[2H])CC(NC[C@H](O)c1ccc(OC3O[C@H](C(=O)O)[C@@H](O)[C@H](O)[C@H]3O)c3[nH]c(=O)ccc13)C2. The number of carboxylic acids is 1. The second-order valence-corrected chi connectivity index (χ2v) is 10.1. The molecule has 11 nitrogen and oxygen atoms in total. The average Bonchev–Trinajstić information content (AvgIpc) is 3.44. The number of hydrogen-bond acceptors (Lipinski definition) is 9. The van der Waals surface area contributed by atoms with Gasteiger partial charge in [-0.05, 0) is 65.5 Å². The first kappa shape index (κ1) is 19.0. The van der Waals surface area contributed by atoms with Gasteiger partial charge in [0.25, 0.3) is 0 Å². The molecule has 41 heavy (non-hydrogen) atoms. The number of fused-ring (bicyclic) bond motifs is 2. The molecule has 0 amide bonds.